The third kappa shape index (κ3) is 2.22. The molecule has 1 aliphatic rings. The van der Waals surface area contributed by atoms with Crippen LogP contribution in [0.5, 0.6) is 0 Å². The number of nitrogens with one attached hydrogen (secondary N) is 1. The highest BCUT2D eigenvalue weighted by atomic mass is 16.2. The molecule has 0 aliphatic heterocycles. The lowest BCUT2D eigenvalue weighted by atomic mass is 9.83. The summed E-state index contributed by atoms with van der Waals surface area (Å²) in [5, 5.41) is 2.77. The van der Waals surface area contributed by atoms with Crippen LogP contribution < -0.4 is 5.32 Å². The number of rotatable bonds is 3. The van der Waals surface area contributed by atoms with E-state index in [9.17, 15) is 14.4 Å². The van der Waals surface area contributed by atoms with E-state index in [0.717, 1.165) is 6.42 Å². The molecule has 0 radical (unpaired) electrons. The molecule has 1 amide bonds. The molecule has 0 bridgehead atoms. The standard InChI is InChI=1S/C18H15NO3/c1-2-9-19-18(22)11-7-8-14-15(10-11)17(21)13-6-4-3-5-12(13)16(14)20/h3-8,10H,2,9H2,1H3,(H,19,22). The normalized spacial score (nSPS) is 12.6. The maximum atomic E-state index is 12.6. The summed E-state index contributed by atoms with van der Waals surface area (Å²) >= 11 is 0. The van der Waals surface area contributed by atoms with Crippen LogP contribution in [0.2, 0.25) is 0 Å². The molecular weight excluding hydrogens is 278 g/mol. The Kier molecular flexibility index (Phi) is 3.59. The molecular formula is C18H15NO3. The van der Waals surface area contributed by atoms with E-state index in [0.29, 0.717) is 34.4 Å². The first-order valence-electron chi connectivity index (χ1n) is 7.24. The molecule has 1 aliphatic carbocycles. The van der Waals surface area contributed by atoms with E-state index >= 15 is 0 Å². The number of fused-ring (bicyclic) bond motifs is 2. The summed E-state index contributed by atoms with van der Waals surface area (Å²) in [6, 6.07) is 11.4. The number of ketones is 2. The van der Waals surface area contributed by atoms with Crippen LogP contribution in [0.4, 0.5) is 0 Å². The Morgan fingerprint density at radius 2 is 1.50 bits per heavy atom. The minimum atomic E-state index is -0.233. The van der Waals surface area contributed by atoms with Crippen LogP contribution in [0.3, 0.4) is 0 Å². The number of amides is 1. The summed E-state index contributed by atoms with van der Waals surface area (Å²) in [4.78, 5) is 37.0. The fourth-order valence-corrected chi connectivity index (χ4v) is 2.58. The molecule has 0 aromatic heterocycles. The second kappa shape index (κ2) is 5.56. The van der Waals surface area contributed by atoms with Crippen LogP contribution in [-0.2, 0) is 0 Å². The second-order valence-electron chi connectivity index (χ2n) is 5.22. The maximum absolute atomic E-state index is 12.6. The Bertz CT molecular complexity index is 793. The van der Waals surface area contributed by atoms with Gasteiger partial charge in [-0.1, -0.05) is 31.2 Å². The Morgan fingerprint density at radius 1 is 0.909 bits per heavy atom. The number of hydrogen-bond donors (Lipinski definition) is 1. The lowest BCUT2D eigenvalue weighted by molar-refractivity contribution is 0.0951. The van der Waals surface area contributed by atoms with E-state index in [4.69, 9.17) is 0 Å². The van der Waals surface area contributed by atoms with Crippen LogP contribution in [0.15, 0.2) is 42.5 Å². The highest BCUT2D eigenvalue weighted by molar-refractivity contribution is 6.28. The van der Waals surface area contributed by atoms with Gasteiger partial charge in [0, 0.05) is 34.4 Å². The monoisotopic (exact) mass is 293 g/mol. The molecule has 0 unspecified atom stereocenters. The van der Waals surface area contributed by atoms with Gasteiger partial charge in [0.05, 0.1) is 0 Å². The van der Waals surface area contributed by atoms with Crippen LogP contribution in [-0.4, -0.2) is 24.0 Å². The molecule has 0 atom stereocenters. The highest BCUT2D eigenvalue weighted by Gasteiger charge is 2.29. The van der Waals surface area contributed by atoms with Crippen molar-refractivity contribution in [2.45, 2.75) is 13.3 Å². The minimum absolute atomic E-state index is 0.175. The summed E-state index contributed by atoms with van der Waals surface area (Å²) in [5.74, 6) is -0.621. The Balaban J connectivity index is 2.04. The summed E-state index contributed by atoms with van der Waals surface area (Å²) < 4.78 is 0. The number of hydrogen-bond acceptors (Lipinski definition) is 3. The van der Waals surface area contributed by atoms with E-state index in [1.807, 2.05) is 6.92 Å². The summed E-state index contributed by atoms with van der Waals surface area (Å²) in [6.45, 7) is 2.54. The minimum Gasteiger partial charge on any atom is -0.352 e. The third-order valence-electron chi connectivity index (χ3n) is 3.72. The third-order valence-corrected chi connectivity index (χ3v) is 3.72. The van der Waals surface area contributed by atoms with Crippen molar-refractivity contribution in [2.75, 3.05) is 6.54 Å². The van der Waals surface area contributed by atoms with E-state index < -0.39 is 0 Å². The van der Waals surface area contributed by atoms with Crippen molar-refractivity contribution < 1.29 is 14.4 Å². The fourth-order valence-electron chi connectivity index (χ4n) is 2.58. The van der Waals surface area contributed by atoms with E-state index in [1.165, 1.54) is 6.07 Å². The summed E-state index contributed by atoms with van der Waals surface area (Å²) in [6.07, 6.45) is 0.835. The van der Waals surface area contributed by atoms with Gasteiger partial charge in [0.25, 0.3) is 5.91 Å². The fraction of sp³-hybridized carbons (Fsp3) is 0.167. The van der Waals surface area contributed by atoms with Gasteiger partial charge in [-0.15, -0.1) is 0 Å². The lowest BCUT2D eigenvalue weighted by Crippen LogP contribution is -2.26. The molecule has 4 nitrogen and oxygen atoms in total. The molecule has 1 N–H and O–H groups in total. The van der Waals surface area contributed by atoms with Crippen molar-refractivity contribution in [1.82, 2.24) is 5.32 Å². The van der Waals surface area contributed by atoms with Gasteiger partial charge >= 0.3 is 0 Å². The van der Waals surface area contributed by atoms with E-state index in [1.54, 1.807) is 36.4 Å². The average Bonchev–Trinajstić information content (AvgIpc) is 2.57. The molecule has 0 saturated heterocycles. The topological polar surface area (TPSA) is 63.2 Å². The first-order valence-corrected chi connectivity index (χ1v) is 7.24. The van der Waals surface area contributed by atoms with Gasteiger partial charge in [0.2, 0.25) is 0 Å². The van der Waals surface area contributed by atoms with Gasteiger partial charge in [-0.25, -0.2) is 0 Å². The van der Waals surface area contributed by atoms with Crippen LogP contribution in [0, 0.1) is 0 Å². The zero-order valence-corrected chi connectivity index (χ0v) is 12.2. The SMILES string of the molecule is CCCNC(=O)c1ccc2c(c1)C(=O)c1ccccc1C2=O. The molecule has 110 valence electrons. The quantitative estimate of drug-likeness (QED) is 0.807. The molecule has 0 spiro atoms. The predicted molar refractivity (Wildman–Crippen MR) is 82.4 cm³/mol. The average molecular weight is 293 g/mol. The van der Waals surface area contributed by atoms with Gasteiger partial charge in [-0.3, -0.25) is 14.4 Å². The van der Waals surface area contributed by atoms with Crippen molar-refractivity contribution in [3.05, 3.63) is 70.3 Å². The van der Waals surface area contributed by atoms with E-state index in [2.05, 4.69) is 5.32 Å². The zero-order valence-electron chi connectivity index (χ0n) is 12.2. The first kappa shape index (κ1) is 14.2. The van der Waals surface area contributed by atoms with Gasteiger partial charge < -0.3 is 5.32 Å². The molecule has 0 saturated carbocycles. The second-order valence-corrected chi connectivity index (χ2v) is 5.22. The summed E-state index contributed by atoms with van der Waals surface area (Å²) in [5.41, 5.74) is 1.87. The van der Waals surface area contributed by atoms with Gasteiger partial charge in [0.1, 0.15) is 0 Å². The number of carbonyl (C=O) groups excluding carboxylic acids is 3. The van der Waals surface area contributed by atoms with Crippen LogP contribution in [0.1, 0.15) is 55.5 Å². The highest BCUT2D eigenvalue weighted by Crippen LogP contribution is 2.27. The van der Waals surface area contributed by atoms with Crippen molar-refractivity contribution >= 4 is 17.5 Å². The molecule has 3 rings (SSSR count). The molecule has 2 aromatic rings. The van der Waals surface area contributed by atoms with Gasteiger partial charge in [0.15, 0.2) is 11.6 Å². The maximum Gasteiger partial charge on any atom is 0.251 e. The predicted octanol–water partition coefficient (Wildman–Crippen LogP) is 2.60. The Morgan fingerprint density at radius 3 is 2.14 bits per heavy atom. The number of benzene rings is 2. The smallest absolute Gasteiger partial charge is 0.251 e. The van der Waals surface area contributed by atoms with Crippen molar-refractivity contribution in [3.63, 3.8) is 0 Å². The van der Waals surface area contributed by atoms with Crippen LogP contribution in [0.25, 0.3) is 0 Å². The van der Waals surface area contributed by atoms with Crippen LogP contribution >= 0.6 is 0 Å². The first-order chi connectivity index (χ1) is 10.6. The van der Waals surface area contributed by atoms with Crippen molar-refractivity contribution in [2.24, 2.45) is 0 Å². The summed E-state index contributed by atoms with van der Waals surface area (Å²) in [7, 11) is 0. The molecule has 2 aromatic carbocycles. The molecule has 22 heavy (non-hydrogen) atoms. The Labute approximate surface area is 128 Å². The number of carbonyl (C=O) groups is 3. The largest absolute Gasteiger partial charge is 0.352 e. The zero-order chi connectivity index (χ0) is 15.7. The molecule has 0 heterocycles. The van der Waals surface area contributed by atoms with Crippen molar-refractivity contribution in [3.8, 4) is 0 Å². The van der Waals surface area contributed by atoms with E-state index in [-0.39, 0.29) is 17.5 Å². The Hall–Kier alpha value is -2.75. The molecule has 0 fully saturated rings. The lowest BCUT2D eigenvalue weighted by Gasteiger charge is -2.17. The van der Waals surface area contributed by atoms with Gasteiger partial charge in [-0.2, -0.15) is 0 Å². The van der Waals surface area contributed by atoms with Gasteiger partial charge in [-0.05, 0) is 24.6 Å². The molecule has 4 heteroatoms. The van der Waals surface area contributed by atoms with Crippen molar-refractivity contribution in [1.29, 1.82) is 0 Å².